The molecule has 0 aliphatic rings. The zero-order valence-electron chi connectivity index (χ0n) is 17.4. The van der Waals surface area contributed by atoms with E-state index >= 15 is 0 Å². The van der Waals surface area contributed by atoms with Crippen molar-refractivity contribution in [1.29, 1.82) is 0 Å². The van der Waals surface area contributed by atoms with Crippen LogP contribution in [0.25, 0.3) is 11.0 Å². The van der Waals surface area contributed by atoms with Gasteiger partial charge in [0.1, 0.15) is 18.0 Å². The second-order valence-electron chi connectivity index (χ2n) is 7.37. The molecule has 0 fully saturated rings. The third-order valence-corrected chi connectivity index (χ3v) is 5.34. The standard InChI is InChI=1S/C23H16ClFN4O5/c24-15-6-9-18-20(10-15)28(23(32)22(31)27(18)12-14-4-2-1-3-5-14)13-21(30)26-17-8-7-16(25)11-19(17)29(33)34/h1-11H,12-13H2,(H,26,30). The average molecular weight is 483 g/mol. The van der Waals surface area contributed by atoms with Gasteiger partial charge in [0.15, 0.2) is 0 Å². The van der Waals surface area contributed by atoms with E-state index in [1.54, 1.807) is 24.3 Å². The summed E-state index contributed by atoms with van der Waals surface area (Å²) >= 11 is 6.12. The van der Waals surface area contributed by atoms with E-state index in [1.807, 2.05) is 18.2 Å². The highest BCUT2D eigenvalue weighted by atomic mass is 35.5. The van der Waals surface area contributed by atoms with E-state index in [0.717, 1.165) is 22.3 Å². The Hall–Kier alpha value is -4.31. The number of fused-ring (bicyclic) bond motifs is 1. The van der Waals surface area contributed by atoms with E-state index in [1.165, 1.54) is 10.6 Å². The molecule has 34 heavy (non-hydrogen) atoms. The Morgan fingerprint density at radius 3 is 2.38 bits per heavy atom. The first-order chi connectivity index (χ1) is 16.2. The van der Waals surface area contributed by atoms with Crippen LogP contribution in [0.1, 0.15) is 5.56 Å². The van der Waals surface area contributed by atoms with Crippen LogP contribution in [0.5, 0.6) is 0 Å². The Kier molecular flexibility index (Phi) is 6.24. The maximum atomic E-state index is 13.4. The van der Waals surface area contributed by atoms with E-state index in [0.29, 0.717) is 11.6 Å². The first kappa shape index (κ1) is 22.9. The fourth-order valence-electron chi connectivity index (χ4n) is 3.57. The summed E-state index contributed by atoms with van der Waals surface area (Å²) in [6, 6.07) is 16.3. The zero-order valence-corrected chi connectivity index (χ0v) is 18.2. The van der Waals surface area contributed by atoms with Crippen molar-refractivity contribution < 1.29 is 14.1 Å². The van der Waals surface area contributed by atoms with Crippen LogP contribution in [0.3, 0.4) is 0 Å². The van der Waals surface area contributed by atoms with E-state index in [2.05, 4.69) is 5.32 Å². The first-order valence-corrected chi connectivity index (χ1v) is 10.3. The molecule has 1 amide bonds. The molecule has 1 N–H and O–H groups in total. The molecule has 4 aromatic rings. The molecule has 0 atom stereocenters. The fraction of sp³-hybridized carbons (Fsp3) is 0.0870. The van der Waals surface area contributed by atoms with Gasteiger partial charge < -0.3 is 5.32 Å². The Bertz CT molecular complexity index is 1550. The number of halogens is 2. The molecule has 1 aromatic heterocycles. The van der Waals surface area contributed by atoms with Crippen molar-refractivity contribution in [2.75, 3.05) is 5.32 Å². The number of hydrogen-bond acceptors (Lipinski definition) is 5. The highest BCUT2D eigenvalue weighted by Gasteiger charge is 2.20. The molecular formula is C23H16ClFN4O5. The lowest BCUT2D eigenvalue weighted by Gasteiger charge is -2.15. The smallest absolute Gasteiger partial charge is 0.317 e. The number of carbonyl (C=O) groups excluding carboxylic acids is 1. The van der Waals surface area contributed by atoms with Gasteiger partial charge in [0.25, 0.3) is 5.69 Å². The largest absolute Gasteiger partial charge is 0.319 e. The van der Waals surface area contributed by atoms with Gasteiger partial charge in [0.05, 0.1) is 28.6 Å². The van der Waals surface area contributed by atoms with Gasteiger partial charge in [0, 0.05) is 5.02 Å². The van der Waals surface area contributed by atoms with E-state index in [9.17, 15) is 28.9 Å². The van der Waals surface area contributed by atoms with Crippen LogP contribution in [0.15, 0.2) is 76.3 Å². The van der Waals surface area contributed by atoms with Crippen LogP contribution in [-0.2, 0) is 17.9 Å². The van der Waals surface area contributed by atoms with Gasteiger partial charge in [-0.05, 0) is 35.9 Å². The third-order valence-electron chi connectivity index (χ3n) is 5.11. The Morgan fingerprint density at radius 1 is 0.971 bits per heavy atom. The lowest BCUT2D eigenvalue weighted by Crippen LogP contribution is -2.43. The summed E-state index contributed by atoms with van der Waals surface area (Å²) in [6.07, 6.45) is 0. The van der Waals surface area contributed by atoms with Crippen LogP contribution in [0.4, 0.5) is 15.8 Å². The minimum atomic E-state index is -0.963. The predicted octanol–water partition coefficient (Wildman–Crippen LogP) is 3.55. The van der Waals surface area contributed by atoms with Gasteiger partial charge in [-0.1, -0.05) is 41.9 Å². The summed E-state index contributed by atoms with van der Waals surface area (Å²) in [4.78, 5) is 48.9. The fourth-order valence-corrected chi connectivity index (χ4v) is 3.73. The molecule has 0 unspecified atom stereocenters. The number of benzene rings is 3. The number of anilines is 1. The summed E-state index contributed by atoms with van der Waals surface area (Å²) in [5.74, 6) is -1.66. The molecule has 4 rings (SSSR count). The van der Waals surface area contributed by atoms with Gasteiger partial charge >= 0.3 is 11.1 Å². The molecule has 3 aromatic carbocycles. The maximum Gasteiger partial charge on any atom is 0.317 e. The summed E-state index contributed by atoms with van der Waals surface area (Å²) in [5, 5.41) is 13.8. The number of amides is 1. The molecule has 0 radical (unpaired) electrons. The van der Waals surface area contributed by atoms with Crippen LogP contribution >= 0.6 is 11.6 Å². The van der Waals surface area contributed by atoms with Crippen molar-refractivity contribution >= 4 is 39.9 Å². The molecule has 0 aliphatic carbocycles. The van der Waals surface area contributed by atoms with Crippen molar-refractivity contribution in [1.82, 2.24) is 9.13 Å². The second-order valence-corrected chi connectivity index (χ2v) is 7.80. The van der Waals surface area contributed by atoms with Crippen molar-refractivity contribution in [3.63, 3.8) is 0 Å². The molecule has 0 bridgehead atoms. The predicted molar refractivity (Wildman–Crippen MR) is 125 cm³/mol. The van der Waals surface area contributed by atoms with E-state index in [4.69, 9.17) is 11.6 Å². The van der Waals surface area contributed by atoms with Crippen molar-refractivity contribution in [2.45, 2.75) is 13.1 Å². The zero-order chi connectivity index (χ0) is 24.4. The minimum Gasteiger partial charge on any atom is -0.319 e. The van der Waals surface area contributed by atoms with Gasteiger partial charge in [-0.25, -0.2) is 4.39 Å². The number of nitro groups is 1. The molecule has 11 heteroatoms. The monoisotopic (exact) mass is 482 g/mol. The lowest BCUT2D eigenvalue weighted by atomic mass is 10.2. The number of nitrogens with one attached hydrogen (secondary N) is 1. The number of aromatic nitrogens is 2. The third kappa shape index (κ3) is 4.57. The molecule has 0 saturated heterocycles. The Labute approximate surface area is 195 Å². The van der Waals surface area contributed by atoms with Crippen LogP contribution in [0, 0.1) is 15.9 Å². The maximum absolute atomic E-state index is 13.4. The number of nitrogens with zero attached hydrogens (tertiary/aromatic N) is 3. The highest BCUT2D eigenvalue weighted by molar-refractivity contribution is 6.31. The topological polar surface area (TPSA) is 116 Å². The number of nitro benzene ring substituents is 1. The molecule has 0 spiro atoms. The van der Waals surface area contributed by atoms with Crippen LogP contribution < -0.4 is 16.4 Å². The second kappa shape index (κ2) is 9.28. The first-order valence-electron chi connectivity index (χ1n) is 9.95. The molecule has 9 nitrogen and oxygen atoms in total. The molecule has 0 aliphatic heterocycles. The van der Waals surface area contributed by atoms with E-state index in [-0.39, 0.29) is 22.8 Å². The average Bonchev–Trinajstić information content (AvgIpc) is 2.81. The molecule has 1 heterocycles. The summed E-state index contributed by atoms with van der Waals surface area (Å²) in [6.45, 7) is -0.493. The Balaban J connectivity index is 1.76. The molecular weight excluding hydrogens is 467 g/mol. The molecule has 0 saturated carbocycles. The normalized spacial score (nSPS) is 10.9. The SMILES string of the molecule is O=C(Cn1c(=O)c(=O)n(Cc2ccccc2)c2ccc(Cl)cc21)Nc1ccc(F)cc1[N+](=O)[O-]. The van der Waals surface area contributed by atoms with Gasteiger partial charge in [-0.2, -0.15) is 0 Å². The minimum absolute atomic E-state index is 0.127. The van der Waals surface area contributed by atoms with E-state index < -0.39 is 40.0 Å². The number of carbonyl (C=O) groups is 1. The van der Waals surface area contributed by atoms with Crippen LogP contribution in [0.2, 0.25) is 5.02 Å². The highest BCUT2D eigenvalue weighted by Crippen LogP contribution is 2.25. The molecule has 172 valence electrons. The number of rotatable bonds is 6. The summed E-state index contributed by atoms with van der Waals surface area (Å²) in [7, 11) is 0. The number of hydrogen-bond donors (Lipinski definition) is 1. The van der Waals surface area contributed by atoms with Crippen molar-refractivity contribution in [2.24, 2.45) is 0 Å². The Morgan fingerprint density at radius 2 is 1.68 bits per heavy atom. The summed E-state index contributed by atoms with van der Waals surface area (Å²) in [5.41, 5.74) is -1.31. The van der Waals surface area contributed by atoms with Crippen molar-refractivity contribution in [3.05, 3.63) is 114 Å². The van der Waals surface area contributed by atoms with Gasteiger partial charge in [0.2, 0.25) is 5.91 Å². The quantitative estimate of drug-likeness (QED) is 0.256. The van der Waals surface area contributed by atoms with Crippen LogP contribution in [-0.4, -0.2) is 20.0 Å². The lowest BCUT2D eigenvalue weighted by molar-refractivity contribution is -0.384. The van der Waals surface area contributed by atoms with Crippen molar-refractivity contribution in [3.8, 4) is 0 Å². The van der Waals surface area contributed by atoms with Gasteiger partial charge in [-0.3, -0.25) is 33.6 Å². The summed E-state index contributed by atoms with van der Waals surface area (Å²) < 4.78 is 15.6. The van der Waals surface area contributed by atoms with Gasteiger partial charge in [-0.15, -0.1) is 0 Å².